The summed E-state index contributed by atoms with van der Waals surface area (Å²) in [6.07, 6.45) is 4.04. The molecular weight excluding hydrogens is 464 g/mol. The molecule has 2 aromatic heterocycles. The molecule has 2 aromatic carbocycles. The maximum atomic E-state index is 13.3. The van der Waals surface area contributed by atoms with E-state index in [-0.39, 0.29) is 11.9 Å². The summed E-state index contributed by atoms with van der Waals surface area (Å²) in [7, 11) is 3.99. The molecule has 2 heterocycles. The van der Waals surface area contributed by atoms with Crippen molar-refractivity contribution in [3.63, 3.8) is 0 Å². The lowest BCUT2D eigenvalue weighted by atomic mass is 9.99. The van der Waals surface area contributed by atoms with E-state index < -0.39 is 0 Å². The Morgan fingerprint density at radius 2 is 2.03 bits per heavy atom. The van der Waals surface area contributed by atoms with E-state index in [4.69, 9.17) is 15.0 Å². The number of nitriles is 1. The van der Waals surface area contributed by atoms with Crippen LogP contribution in [0.15, 0.2) is 60.9 Å². The summed E-state index contributed by atoms with van der Waals surface area (Å²) < 4.78 is 7.59. The Bertz CT molecular complexity index is 1440. The number of carbonyl (C=O) groups excluding carboxylic acids is 1. The predicted molar refractivity (Wildman–Crippen MR) is 144 cm³/mol. The van der Waals surface area contributed by atoms with Gasteiger partial charge in [-0.3, -0.25) is 9.48 Å². The van der Waals surface area contributed by atoms with Gasteiger partial charge in [-0.05, 0) is 63.3 Å². The van der Waals surface area contributed by atoms with E-state index in [1.807, 2.05) is 81.5 Å². The first-order valence-corrected chi connectivity index (χ1v) is 12.3. The van der Waals surface area contributed by atoms with E-state index in [1.54, 1.807) is 16.9 Å². The smallest absolute Gasteiger partial charge is 0.252 e. The van der Waals surface area contributed by atoms with Crippen molar-refractivity contribution >= 4 is 16.8 Å². The van der Waals surface area contributed by atoms with Crippen LogP contribution in [0.25, 0.3) is 22.2 Å². The third-order valence-electron chi connectivity index (χ3n) is 6.20. The quantitative estimate of drug-likeness (QED) is 0.340. The zero-order chi connectivity index (χ0) is 26.4. The lowest BCUT2D eigenvalue weighted by molar-refractivity contribution is 0.0939. The molecule has 0 aliphatic rings. The van der Waals surface area contributed by atoms with Crippen molar-refractivity contribution in [3.8, 4) is 23.1 Å². The number of nitrogens with one attached hydrogen (secondary N) is 1. The van der Waals surface area contributed by atoms with Crippen LogP contribution in [-0.4, -0.2) is 52.8 Å². The Hall–Kier alpha value is -4.22. The molecule has 1 atom stereocenters. The van der Waals surface area contributed by atoms with Gasteiger partial charge in [-0.25, -0.2) is 4.98 Å². The maximum absolute atomic E-state index is 13.3. The number of amides is 1. The summed E-state index contributed by atoms with van der Waals surface area (Å²) in [5.74, 6) is 0.519. The third-order valence-corrected chi connectivity index (χ3v) is 6.20. The van der Waals surface area contributed by atoms with Crippen LogP contribution in [0.4, 0.5) is 0 Å². The second-order valence-electron chi connectivity index (χ2n) is 9.34. The van der Waals surface area contributed by atoms with Gasteiger partial charge in [-0.1, -0.05) is 24.3 Å². The van der Waals surface area contributed by atoms with E-state index in [9.17, 15) is 4.79 Å². The average Bonchev–Trinajstić information content (AvgIpc) is 3.36. The van der Waals surface area contributed by atoms with Crippen molar-refractivity contribution in [2.45, 2.75) is 32.9 Å². The highest BCUT2D eigenvalue weighted by Gasteiger charge is 2.18. The lowest BCUT2D eigenvalue weighted by Crippen LogP contribution is -2.27. The minimum atomic E-state index is -0.273. The van der Waals surface area contributed by atoms with Gasteiger partial charge in [0.15, 0.2) is 0 Å². The molecule has 4 aromatic rings. The van der Waals surface area contributed by atoms with Crippen LogP contribution in [-0.2, 0) is 6.54 Å². The monoisotopic (exact) mass is 496 g/mol. The minimum absolute atomic E-state index is 0.158. The largest absolute Gasteiger partial charge is 0.492 e. The molecule has 190 valence electrons. The molecule has 0 aliphatic heterocycles. The van der Waals surface area contributed by atoms with E-state index >= 15 is 0 Å². The molecule has 4 rings (SSSR count). The number of aryl methyl sites for hydroxylation is 2. The van der Waals surface area contributed by atoms with Gasteiger partial charge in [0.1, 0.15) is 12.4 Å². The van der Waals surface area contributed by atoms with E-state index in [0.717, 1.165) is 39.8 Å². The number of ether oxygens (including phenoxy) is 1. The Morgan fingerprint density at radius 1 is 1.22 bits per heavy atom. The van der Waals surface area contributed by atoms with E-state index in [0.29, 0.717) is 30.9 Å². The summed E-state index contributed by atoms with van der Waals surface area (Å²) >= 11 is 0. The van der Waals surface area contributed by atoms with Crippen molar-refractivity contribution in [2.24, 2.45) is 0 Å². The second kappa shape index (κ2) is 11.7. The molecule has 1 amide bonds. The first-order valence-electron chi connectivity index (χ1n) is 12.3. The summed E-state index contributed by atoms with van der Waals surface area (Å²) in [4.78, 5) is 20.2. The number of rotatable bonds is 10. The number of nitrogens with zero attached hydrogens (tertiary/aromatic N) is 5. The molecule has 0 saturated heterocycles. The molecule has 0 bridgehead atoms. The zero-order valence-corrected chi connectivity index (χ0v) is 21.7. The van der Waals surface area contributed by atoms with Crippen LogP contribution in [0.3, 0.4) is 0 Å². The number of carbonyl (C=O) groups is 1. The van der Waals surface area contributed by atoms with Crippen LogP contribution in [0.2, 0.25) is 0 Å². The number of para-hydroxylation sites is 1. The molecule has 0 aliphatic carbocycles. The number of fused-ring (bicyclic) bond motifs is 1. The molecule has 8 heteroatoms. The predicted octanol–water partition coefficient (Wildman–Crippen LogP) is 4.75. The van der Waals surface area contributed by atoms with Crippen molar-refractivity contribution in [1.29, 1.82) is 5.26 Å². The van der Waals surface area contributed by atoms with Gasteiger partial charge in [-0.15, -0.1) is 0 Å². The van der Waals surface area contributed by atoms with Gasteiger partial charge in [0, 0.05) is 29.3 Å². The first-order chi connectivity index (χ1) is 17.9. The topological polar surface area (TPSA) is 96.1 Å². The van der Waals surface area contributed by atoms with Gasteiger partial charge >= 0.3 is 0 Å². The Labute approximate surface area is 217 Å². The maximum Gasteiger partial charge on any atom is 0.252 e. The first kappa shape index (κ1) is 25.9. The highest BCUT2D eigenvalue weighted by atomic mass is 16.5. The number of benzene rings is 2. The number of aromatic nitrogens is 3. The normalized spacial score (nSPS) is 11.9. The fraction of sp³-hybridized carbons (Fsp3) is 0.310. The number of hydrogen-bond acceptors (Lipinski definition) is 6. The molecule has 0 saturated carbocycles. The lowest BCUT2D eigenvalue weighted by Gasteiger charge is -2.19. The van der Waals surface area contributed by atoms with Crippen molar-refractivity contribution in [2.75, 3.05) is 27.2 Å². The highest BCUT2D eigenvalue weighted by molar-refractivity contribution is 5.96. The number of pyridine rings is 1. The van der Waals surface area contributed by atoms with Crippen molar-refractivity contribution < 1.29 is 9.53 Å². The number of likely N-dealkylation sites (N-methyl/N-ethyl adjacent to an activating group) is 1. The summed E-state index contributed by atoms with van der Waals surface area (Å²) in [6.45, 7) is 5.77. The van der Waals surface area contributed by atoms with Gasteiger partial charge in [-0.2, -0.15) is 10.4 Å². The van der Waals surface area contributed by atoms with Crippen LogP contribution < -0.4 is 10.1 Å². The Balaban J connectivity index is 1.60. The summed E-state index contributed by atoms with van der Waals surface area (Å²) in [5.41, 5.74) is 4.91. The number of hydrogen-bond donors (Lipinski definition) is 1. The van der Waals surface area contributed by atoms with Crippen LogP contribution in [0.5, 0.6) is 5.75 Å². The van der Waals surface area contributed by atoms with E-state index in [2.05, 4.69) is 16.5 Å². The average molecular weight is 497 g/mol. The highest BCUT2D eigenvalue weighted by Crippen LogP contribution is 2.29. The molecule has 0 spiro atoms. The van der Waals surface area contributed by atoms with E-state index in [1.165, 1.54) is 0 Å². The summed E-state index contributed by atoms with van der Waals surface area (Å²) in [5, 5.41) is 17.4. The second-order valence-corrected chi connectivity index (χ2v) is 9.34. The van der Waals surface area contributed by atoms with Crippen molar-refractivity contribution in [1.82, 2.24) is 25.0 Å². The van der Waals surface area contributed by atoms with Crippen molar-refractivity contribution in [3.05, 3.63) is 77.6 Å². The summed E-state index contributed by atoms with van der Waals surface area (Å²) in [6, 6.07) is 17.4. The van der Waals surface area contributed by atoms with Gasteiger partial charge in [0.25, 0.3) is 5.91 Å². The molecule has 1 unspecified atom stereocenters. The fourth-order valence-electron chi connectivity index (χ4n) is 4.12. The Kier molecular flexibility index (Phi) is 8.16. The van der Waals surface area contributed by atoms with Gasteiger partial charge in [0.05, 0.1) is 42.5 Å². The van der Waals surface area contributed by atoms with Gasteiger partial charge < -0.3 is 15.0 Å². The molecule has 1 N–H and O–H groups in total. The molecule has 8 nitrogen and oxygen atoms in total. The molecule has 0 fully saturated rings. The minimum Gasteiger partial charge on any atom is -0.492 e. The van der Waals surface area contributed by atoms with Crippen LogP contribution in [0, 0.1) is 18.3 Å². The Morgan fingerprint density at radius 3 is 2.81 bits per heavy atom. The van der Waals surface area contributed by atoms with Crippen LogP contribution >= 0.6 is 0 Å². The standard InChI is InChI=1S/C29H32N6O2/c1-20-10-11-23(37-15-14-34(3)4)16-25(20)29(36)32-21(2)26-17-28(33-27-9-6-5-8-24(26)27)22-18-31-35(19-22)13-7-12-30/h5-6,8-11,16-19,21H,7,13-15H2,1-4H3,(H,32,36). The van der Waals surface area contributed by atoms with Gasteiger partial charge in [0.2, 0.25) is 0 Å². The fourth-order valence-corrected chi connectivity index (χ4v) is 4.12. The third kappa shape index (κ3) is 6.32. The molecule has 0 radical (unpaired) electrons. The zero-order valence-electron chi connectivity index (χ0n) is 21.7. The molecule has 37 heavy (non-hydrogen) atoms. The SMILES string of the molecule is Cc1ccc(OCCN(C)C)cc1C(=O)NC(C)c1cc(-c2cnn(CCC#N)c2)nc2ccccc12. The molecular formula is C29H32N6O2. The van der Waals surface area contributed by atoms with Crippen LogP contribution in [0.1, 0.15) is 40.9 Å².